The van der Waals surface area contributed by atoms with Crippen LogP contribution in [0.3, 0.4) is 0 Å². The van der Waals surface area contributed by atoms with Crippen LogP contribution >= 0.6 is 11.8 Å². The van der Waals surface area contributed by atoms with E-state index in [1.807, 2.05) is 12.1 Å². The number of benzene rings is 1. The van der Waals surface area contributed by atoms with Crippen LogP contribution in [0.4, 0.5) is 5.69 Å². The summed E-state index contributed by atoms with van der Waals surface area (Å²) in [6.07, 6.45) is 0. The van der Waals surface area contributed by atoms with E-state index in [4.69, 9.17) is 10.5 Å². The zero-order chi connectivity index (χ0) is 15.9. The second-order valence-corrected chi connectivity index (χ2v) is 7.37. The number of nitrogens with one attached hydrogen (secondary N) is 1. The number of ether oxygens (including phenoxy) is 1. The SMILES string of the molecule is CCOC(=O)C(C)NS(=O)(=O)CCSc1cccc(N)c1. The Kier molecular flexibility index (Phi) is 7.00. The van der Waals surface area contributed by atoms with Crippen molar-refractivity contribution in [3.05, 3.63) is 24.3 Å². The molecule has 0 aliphatic carbocycles. The molecule has 0 fully saturated rings. The van der Waals surface area contributed by atoms with Crippen LogP contribution < -0.4 is 10.5 Å². The maximum atomic E-state index is 11.8. The minimum atomic E-state index is -3.53. The summed E-state index contributed by atoms with van der Waals surface area (Å²) in [5, 5.41) is 0. The molecule has 1 atom stereocenters. The molecule has 0 amide bonds. The van der Waals surface area contributed by atoms with Crippen molar-refractivity contribution in [3.63, 3.8) is 0 Å². The Hall–Kier alpha value is -1.25. The van der Waals surface area contributed by atoms with Crippen LogP contribution in [-0.2, 0) is 19.6 Å². The number of anilines is 1. The van der Waals surface area contributed by atoms with Crippen LogP contribution in [0.25, 0.3) is 0 Å². The first-order chi connectivity index (χ1) is 9.84. The minimum absolute atomic E-state index is 0.0871. The van der Waals surface area contributed by atoms with Gasteiger partial charge in [0.2, 0.25) is 10.0 Å². The number of hydrogen-bond acceptors (Lipinski definition) is 6. The van der Waals surface area contributed by atoms with Gasteiger partial charge in [0.1, 0.15) is 6.04 Å². The predicted octanol–water partition coefficient (Wildman–Crippen LogP) is 1.23. The molecule has 0 aliphatic rings. The van der Waals surface area contributed by atoms with Crippen molar-refractivity contribution >= 4 is 33.4 Å². The third kappa shape index (κ3) is 6.83. The van der Waals surface area contributed by atoms with Crippen molar-refractivity contribution in [1.29, 1.82) is 0 Å². The second kappa shape index (κ2) is 8.26. The van der Waals surface area contributed by atoms with E-state index in [1.54, 1.807) is 19.1 Å². The molecule has 0 aromatic heterocycles. The summed E-state index contributed by atoms with van der Waals surface area (Å²) < 4.78 is 30.7. The molecule has 1 rings (SSSR count). The Morgan fingerprint density at radius 2 is 2.19 bits per heavy atom. The third-order valence-electron chi connectivity index (χ3n) is 2.48. The molecule has 0 aliphatic heterocycles. The number of nitrogen functional groups attached to an aromatic ring is 1. The van der Waals surface area contributed by atoms with Crippen molar-refractivity contribution in [2.24, 2.45) is 0 Å². The maximum Gasteiger partial charge on any atom is 0.323 e. The lowest BCUT2D eigenvalue weighted by Gasteiger charge is -2.12. The van der Waals surface area contributed by atoms with E-state index in [0.29, 0.717) is 11.4 Å². The van der Waals surface area contributed by atoms with E-state index in [0.717, 1.165) is 4.90 Å². The molecule has 0 radical (unpaired) electrons. The topological polar surface area (TPSA) is 98.5 Å². The van der Waals surface area contributed by atoms with Crippen LogP contribution in [0.15, 0.2) is 29.2 Å². The first-order valence-corrected chi connectivity index (χ1v) is 9.13. The Morgan fingerprint density at radius 1 is 1.48 bits per heavy atom. The van der Waals surface area contributed by atoms with Gasteiger partial charge in [-0.1, -0.05) is 6.07 Å². The van der Waals surface area contributed by atoms with Gasteiger partial charge in [0.15, 0.2) is 0 Å². The fourth-order valence-electron chi connectivity index (χ4n) is 1.52. The molecule has 0 saturated carbocycles. The lowest BCUT2D eigenvalue weighted by Crippen LogP contribution is -2.41. The molecular formula is C13H20N2O4S2. The quantitative estimate of drug-likeness (QED) is 0.422. The highest BCUT2D eigenvalue weighted by molar-refractivity contribution is 8.00. The van der Waals surface area contributed by atoms with Gasteiger partial charge in [-0.2, -0.15) is 0 Å². The Labute approximate surface area is 129 Å². The average molecular weight is 332 g/mol. The monoisotopic (exact) mass is 332 g/mol. The van der Waals surface area contributed by atoms with E-state index in [2.05, 4.69) is 4.72 Å². The Morgan fingerprint density at radius 3 is 2.81 bits per heavy atom. The number of hydrogen-bond donors (Lipinski definition) is 2. The fraction of sp³-hybridized carbons (Fsp3) is 0.462. The maximum absolute atomic E-state index is 11.8. The van der Waals surface area contributed by atoms with Crippen molar-refractivity contribution < 1.29 is 17.9 Å². The van der Waals surface area contributed by atoms with Gasteiger partial charge in [-0.15, -0.1) is 11.8 Å². The van der Waals surface area contributed by atoms with E-state index in [-0.39, 0.29) is 12.4 Å². The first kappa shape index (κ1) is 17.8. The van der Waals surface area contributed by atoms with Gasteiger partial charge >= 0.3 is 5.97 Å². The number of rotatable bonds is 8. The molecule has 1 aromatic rings. The summed E-state index contributed by atoms with van der Waals surface area (Å²) in [5.41, 5.74) is 6.28. The molecule has 0 saturated heterocycles. The van der Waals surface area contributed by atoms with Gasteiger partial charge < -0.3 is 10.5 Å². The number of nitrogens with two attached hydrogens (primary N) is 1. The zero-order valence-corrected chi connectivity index (χ0v) is 13.7. The van der Waals surface area contributed by atoms with Crippen LogP contribution in [0.5, 0.6) is 0 Å². The number of sulfonamides is 1. The molecular weight excluding hydrogens is 312 g/mol. The standard InChI is InChI=1S/C13H20N2O4S2/c1-3-19-13(16)10(2)15-21(17,18)8-7-20-12-6-4-5-11(14)9-12/h4-6,9-10,15H,3,7-8,14H2,1-2H3. The van der Waals surface area contributed by atoms with Crippen molar-refractivity contribution in [3.8, 4) is 0 Å². The molecule has 1 aromatic carbocycles. The van der Waals surface area contributed by atoms with E-state index >= 15 is 0 Å². The van der Waals surface area contributed by atoms with E-state index in [1.165, 1.54) is 18.7 Å². The summed E-state index contributed by atoms with van der Waals surface area (Å²) in [6.45, 7) is 3.35. The van der Waals surface area contributed by atoms with Crippen LogP contribution in [0.2, 0.25) is 0 Å². The third-order valence-corrected chi connectivity index (χ3v) is 5.18. The second-order valence-electron chi connectivity index (χ2n) is 4.33. The largest absolute Gasteiger partial charge is 0.465 e. The van der Waals surface area contributed by atoms with Crippen molar-refractivity contribution in [2.45, 2.75) is 24.8 Å². The summed E-state index contributed by atoms with van der Waals surface area (Å²) >= 11 is 1.39. The molecule has 0 bridgehead atoms. The molecule has 0 heterocycles. The highest BCUT2D eigenvalue weighted by Crippen LogP contribution is 2.20. The number of thioether (sulfide) groups is 1. The van der Waals surface area contributed by atoms with Gasteiger partial charge in [0.25, 0.3) is 0 Å². The van der Waals surface area contributed by atoms with E-state index < -0.39 is 22.0 Å². The first-order valence-electron chi connectivity index (χ1n) is 6.49. The summed E-state index contributed by atoms with van der Waals surface area (Å²) in [5.74, 6) is -0.297. The predicted molar refractivity (Wildman–Crippen MR) is 84.6 cm³/mol. The van der Waals surface area contributed by atoms with Crippen LogP contribution in [-0.4, -0.2) is 38.5 Å². The van der Waals surface area contributed by atoms with Crippen LogP contribution in [0.1, 0.15) is 13.8 Å². The normalized spacial score (nSPS) is 12.9. The molecule has 6 nitrogen and oxygen atoms in total. The Bertz CT molecular complexity index is 575. The summed E-state index contributed by atoms with van der Waals surface area (Å²) in [6, 6.07) is 6.34. The summed E-state index contributed by atoms with van der Waals surface area (Å²) in [7, 11) is -3.53. The average Bonchev–Trinajstić information content (AvgIpc) is 2.38. The highest BCUT2D eigenvalue weighted by Gasteiger charge is 2.20. The molecule has 118 valence electrons. The summed E-state index contributed by atoms with van der Waals surface area (Å²) in [4.78, 5) is 12.3. The smallest absolute Gasteiger partial charge is 0.323 e. The lowest BCUT2D eigenvalue weighted by molar-refractivity contribution is -0.144. The number of esters is 1. The molecule has 1 unspecified atom stereocenters. The fourth-order valence-corrected chi connectivity index (χ4v) is 4.11. The van der Waals surface area contributed by atoms with E-state index in [9.17, 15) is 13.2 Å². The van der Waals surface area contributed by atoms with Gasteiger partial charge in [0.05, 0.1) is 12.4 Å². The van der Waals surface area contributed by atoms with Gasteiger partial charge in [0, 0.05) is 16.3 Å². The molecule has 0 spiro atoms. The van der Waals surface area contributed by atoms with Gasteiger partial charge in [-0.3, -0.25) is 4.79 Å². The number of carbonyl (C=O) groups excluding carboxylic acids is 1. The zero-order valence-electron chi connectivity index (χ0n) is 12.0. The van der Waals surface area contributed by atoms with Crippen molar-refractivity contribution in [1.82, 2.24) is 4.72 Å². The molecule has 21 heavy (non-hydrogen) atoms. The minimum Gasteiger partial charge on any atom is -0.465 e. The molecule has 8 heteroatoms. The highest BCUT2D eigenvalue weighted by atomic mass is 32.2. The van der Waals surface area contributed by atoms with Crippen LogP contribution in [0, 0.1) is 0 Å². The number of carbonyl (C=O) groups is 1. The van der Waals surface area contributed by atoms with Gasteiger partial charge in [-0.05, 0) is 32.0 Å². The lowest BCUT2D eigenvalue weighted by atomic mass is 10.3. The van der Waals surface area contributed by atoms with Gasteiger partial charge in [-0.25, -0.2) is 13.1 Å². The Balaban J connectivity index is 2.44. The molecule has 3 N–H and O–H groups in total. The van der Waals surface area contributed by atoms with Crippen molar-refractivity contribution in [2.75, 3.05) is 23.8 Å².